The van der Waals surface area contributed by atoms with Crippen molar-refractivity contribution in [3.05, 3.63) is 35.0 Å². The van der Waals surface area contributed by atoms with Gasteiger partial charge in [-0.25, -0.2) is 0 Å². The summed E-state index contributed by atoms with van der Waals surface area (Å²) < 4.78 is 0. The van der Waals surface area contributed by atoms with E-state index in [1.165, 1.54) is 34.1 Å². The van der Waals surface area contributed by atoms with Crippen LogP contribution in [0.1, 0.15) is 36.1 Å². The van der Waals surface area contributed by atoms with Crippen molar-refractivity contribution >= 4 is 10.9 Å². The molecule has 1 aromatic carbocycles. The van der Waals surface area contributed by atoms with E-state index >= 15 is 0 Å². The van der Waals surface area contributed by atoms with Crippen LogP contribution in [-0.2, 0) is 6.42 Å². The van der Waals surface area contributed by atoms with E-state index < -0.39 is 0 Å². The van der Waals surface area contributed by atoms with Crippen molar-refractivity contribution in [1.29, 1.82) is 0 Å². The average Bonchev–Trinajstić information content (AvgIpc) is 2.77. The molecule has 4 rings (SSSR count). The number of aryl methyl sites for hydroxylation is 1. The molecule has 3 nitrogen and oxygen atoms in total. The minimum atomic E-state index is 0.313. The molecule has 1 aliphatic heterocycles. The van der Waals surface area contributed by atoms with Gasteiger partial charge in [0, 0.05) is 41.1 Å². The van der Waals surface area contributed by atoms with Crippen LogP contribution >= 0.6 is 0 Å². The number of aromatic amines is 1. The number of hydrogen-bond acceptors (Lipinski definition) is 2. The third kappa shape index (κ3) is 1.60. The topological polar surface area (TPSA) is 45.0 Å². The molecule has 3 N–H and O–H groups in total. The molecule has 106 valence electrons. The standard InChI is InChI=1S/C17H23N3/c1-3-20-9-11(18)7-14-12-5-4-6-15-17(12)13(8-16(14)20)10(2)19-15/h4-6,11,14,16,19H,3,7-9,18H2,1-2H3/t11-,14+,16+/m0/s1. The molecule has 1 aliphatic carbocycles. The van der Waals surface area contributed by atoms with Gasteiger partial charge in [-0.05, 0) is 43.5 Å². The van der Waals surface area contributed by atoms with Crippen molar-refractivity contribution < 1.29 is 0 Å². The number of fused-ring (bicyclic) bond motifs is 2. The number of hydrogen-bond donors (Lipinski definition) is 2. The lowest BCUT2D eigenvalue weighted by molar-refractivity contribution is 0.116. The predicted molar refractivity (Wildman–Crippen MR) is 83.1 cm³/mol. The highest BCUT2D eigenvalue weighted by Crippen LogP contribution is 2.43. The van der Waals surface area contributed by atoms with Crippen LogP contribution in [0.4, 0.5) is 0 Å². The zero-order chi connectivity index (χ0) is 13.9. The third-order valence-corrected chi connectivity index (χ3v) is 5.35. The van der Waals surface area contributed by atoms with Crippen LogP contribution < -0.4 is 5.73 Å². The maximum absolute atomic E-state index is 6.31. The summed E-state index contributed by atoms with van der Waals surface area (Å²) in [4.78, 5) is 6.15. The van der Waals surface area contributed by atoms with Crippen LogP contribution in [0.2, 0.25) is 0 Å². The zero-order valence-corrected chi connectivity index (χ0v) is 12.3. The van der Waals surface area contributed by atoms with Crippen molar-refractivity contribution in [2.75, 3.05) is 13.1 Å². The molecule has 1 fully saturated rings. The minimum Gasteiger partial charge on any atom is -0.358 e. The zero-order valence-electron chi connectivity index (χ0n) is 12.3. The fourth-order valence-electron chi connectivity index (χ4n) is 4.47. The van der Waals surface area contributed by atoms with Gasteiger partial charge in [-0.3, -0.25) is 4.90 Å². The Labute approximate surface area is 120 Å². The summed E-state index contributed by atoms with van der Waals surface area (Å²) >= 11 is 0. The van der Waals surface area contributed by atoms with Gasteiger partial charge in [-0.15, -0.1) is 0 Å². The Hall–Kier alpha value is -1.32. The first-order valence-corrected chi connectivity index (χ1v) is 7.78. The second kappa shape index (κ2) is 4.34. The molecule has 3 heteroatoms. The van der Waals surface area contributed by atoms with Crippen LogP contribution in [0.15, 0.2) is 18.2 Å². The van der Waals surface area contributed by atoms with Crippen LogP contribution in [0.3, 0.4) is 0 Å². The Balaban J connectivity index is 1.91. The fourth-order valence-corrected chi connectivity index (χ4v) is 4.47. The van der Waals surface area contributed by atoms with Crippen molar-refractivity contribution in [2.45, 2.75) is 44.7 Å². The molecule has 20 heavy (non-hydrogen) atoms. The lowest BCUT2D eigenvalue weighted by Gasteiger charge is -2.46. The van der Waals surface area contributed by atoms with Crippen LogP contribution in [-0.4, -0.2) is 35.1 Å². The van der Waals surface area contributed by atoms with Crippen LogP contribution in [0.5, 0.6) is 0 Å². The molecule has 0 radical (unpaired) electrons. The normalized spacial score (nSPS) is 29.6. The van der Waals surface area contributed by atoms with Gasteiger partial charge in [0.05, 0.1) is 0 Å². The molecular weight excluding hydrogens is 246 g/mol. The van der Waals surface area contributed by atoms with E-state index in [4.69, 9.17) is 5.73 Å². The molecule has 0 saturated carbocycles. The Morgan fingerprint density at radius 1 is 1.40 bits per heavy atom. The number of likely N-dealkylation sites (N-methyl/N-ethyl adjacent to an activating group) is 1. The highest BCUT2D eigenvalue weighted by molar-refractivity contribution is 5.89. The van der Waals surface area contributed by atoms with E-state index in [0.29, 0.717) is 18.0 Å². The smallest absolute Gasteiger partial charge is 0.0461 e. The monoisotopic (exact) mass is 269 g/mol. The van der Waals surface area contributed by atoms with E-state index in [-0.39, 0.29) is 0 Å². The summed E-state index contributed by atoms with van der Waals surface area (Å²) in [5.41, 5.74) is 12.0. The molecule has 3 atom stereocenters. The first-order valence-electron chi connectivity index (χ1n) is 7.78. The maximum Gasteiger partial charge on any atom is 0.0461 e. The summed E-state index contributed by atoms with van der Waals surface area (Å²) in [6.07, 6.45) is 2.30. The van der Waals surface area contributed by atoms with Gasteiger partial charge in [-0.1, -0.05) is 19.1 Å². The predicted octanol–water partition coefficient (Wildman–Crippen LogP) is 2.54. The first kappa shape index (κ1) is 12.4. The number of aromatic nitrogens is 1. The highest BCUT2D eigenvalue weighted by Gasteiger charge is 2.39. The summed E-state index contributed by atoms with van der Waals surface area (Å²) in [7, 11) is 0. The Morgan fingerprint density at radius 2 is 2.25 bits per heavy atom. The van der Waals surface area contributed by atoms with E-state index in [9.17, 15) is 0 Å². The number of H-pyrrole nitrogens is 1. The molecular formula is C17H23N3. The minimum absolute atomic E-state index is 0.313. The molecule has 0 unspecified atom stereocenters. The van der Waals surface area contributed by atoms with Crippen molar-refractivity contribution in [3.8, 4) is 0 Å². The Bertz CT molecular complexity index is 658. The van der Waals surface area contributed by atoms with E-state index in [2.05, 4.69) is 41.9 Å². The molecule has 0 spiro atoms. The van der Waals surface area contributed by atoms with Crippen molar-refractivity contribution in [2.24, 2.45) is 5.73 Å². The van der Waals surface area contributed by atoms with Gasteiger partial charge < -0.3 is 10.7 Å². The molecule has 2 heterocycles. The van der Waals surface area contributed by atoms with Gasteiger partial charge in [0.1, 0.15) is 0 Å². The van der Waals surface area contributed by atoms with E-state index in [1.54, 1.807) is 0 Å². The first-order chi connectivity index (χ1) is 9.69. The quantitative estimate of drug-likeness (QED) is 0.835. The molecule has 0 amide bonds. The van der Waals surface area contributed by atoms with Gasteiger partial charge >= 0.3 is 0 Å². The number of likely N-dealkylation sites (tertiary alicyclic amines) is 1. The van der Waals surface area contributed by atoms with E-state index in [0.717, 1.165) is 19.5 Å². The lowest BCUT2D eigenvalue weighted by atomic mass is 9.73. The van der Waals surface area contributed by atoms with E-state index in [1.807, 2.05) is 0 Å². The number of benzene rings is 1. The number of piperidine rings is 1. The Kier molecular flexibility index (Phi) is 2.69. The second-order valence-corrected chi connectivity index (χ2v) is 6.46. The average molecular weight is 269 g/mol. The fraction of sp³-hybridized carbons (Fsp3) is 0.529. The molecule has 1 saturated heterocycles. The number of nitrogens with one attached hydrogen (secondary N) is 1. The van der Waals surface area contributed by atoms with Gasteiger partial charge in [-0.2, -0.15) is 0 Å². The summed E-state index contributed by atoms with van der Waals surface area (Å²) in [6.45, 7) is 6.62. The molecule has 1 aromatic heterocycles. The maximum atomic E-state index is 6.31. The molecule has 2 aliphatic rings. The lowest BCUT2D eigenvalue weighted by Crippen LogP contribution is -2.53. The largest absolute Gasteiger partial charge is 0.358 e. The van der Waals surface area contributed by atoms with Gasteiger partial charge in [0.2, 0.25) is 0 Å². The van der Waals surface area contributed by atoms with Crippen LogP contribution in [0.25, 0.3) is 10.9 Å². The van der Waals surface area contributed by atoms with Crippen molar-refractivity contribution in [3.63, 3.8) is 0 Å². The molecule has 2 aromatic rings. The van der Waals surface area contributed by atoms with Gasteiger partial charge in [0.15, 0.2) is 0 Å². The highest BCUT2D eigenvalue weighted by atomic mass is 15.2. The summed E-state index contributed by atoms with van der Waals surface area (Å²) in [6, 6.07) is 7.66. The Morgan fingerprint density at radius 3 is 3.05 bits per heavy atom. The van der Waals surface area contributed by atoms with Crippen molar-refractivity contribution in [1.82, 2.24) is 9.88 Å². The summed E-state index contributed by atoms with van der Waals surface area (Å²) in [5, 5.41) is 1.48. The molecule has 0 bridgehead atoms. The summed E-state index contributed by atoms with van der Waals surface area (Å²) in [5.74, 6) is 0.602. The second-order valence-electron chi connectivity index (χ2n) is 6.46. The van der Waals surface area contributed by atoms with Crippen LogP contribution in [0, 0.1) is 6.92 Å². The van der Waals surface area contributed by atoms with Gasteiger partial charge in [0.25, 0.3) is 0 Å². The third-order valence-electron chi connectivity index (χ3n) is 5.35. The SMILES string of the molecule is CCN1C[C@@H](N)C[C@@H]2c3cccc4[nH]c(C)c(c34)C[C@H]21. The number of nitrogens with zero attached hydrogens (tertiary/aromatic N) is 1. The number of nitrogens with two attached hydrogens (primary N) is 1. The number of rotatable bonds is 1.